The maximum absolute atomic E-state index is 13.4. The van der Waals surface area contributed by atoms with Gasteiger partial charge >= 0.3 is 5.88 Å². The van der Waals surface area contributed by atoms with Gasteiger partial charge in [0, 0.05) is 5.75 Å². The van der Waals surface area contributed by atoms with Gasteiger partial charge in [-0.05, 0) is 61.1 Å². The van der Waals surface area contributed by atoms with Crippen LogP contribution in [0.3, 0.4) is 0 Å². The first kappa shape index (κ1) is 24.0. The van der Waals surface area contributed by atoms with Crippen molar-refractivity contribution in [3.05, 3.63) is 66.0 Å². The van der Waals surface area contributed by atoms with Crippen molar-refractivity contribution >= 4 is 46.4 Å². The minimum absolute atomic E-state index is 0.0306. The lowest BCUT2D eigenvalue weighted by Crippen LogP contribution is -2.60. The van der Waals surface area contributed by atoms with Crippen LogP contribution >= 0.6 is 11.8 Å². The van der Waals surface area contributed by atoms with Gasteiger partial charge in [-0.2, -0.15) is 5.01 Å². The molecule has 12 heteroatoms. The second kappa shape index (κ2) is 10.6. The molecule has 0 radical (unpaired) electrons. The molecule has 1 aromatic heterocycles. The van der Waals surface area contributed by atoms with E-state index in [1.165, 1.54) is 11.3 Å². The number of nitrogens with zero attached hydrogens (tertiary/aromatic N) is 6. The van der Waals surface area contributed by atoms with Crippen LogP contribution in [0.2, 0.25) is 0 Å². The highest BCUT2D eigenvalue weighted by Gasteiger charge is 2.32. The van der Waals surface area contributed by atoms with E-state index in [2.05, 4.69) is 20.3 Å². The van der Waals surface area contributed by atoms with E-state index in [0.717, 1.165) is 43.3 Å². The Bertz CT molecular complexity index is 1430. The van der Waals surface area contributed by atoms with Crippen molar-refractivity contribution in [1.29, 1.82) is 0 Å². The standard InChI is InChI=1S/C26H24N6O5S/c33-23(28-24-15-31(29-37-24)30-11-5-2-6-12-30)16-38-26-27-20(25(34)32(26)19-7-3-1-4-8-19)13-18-9-10-21-22(14-18)36-17-35-21/h1,3-4,7-10,13-15H,2,5-6,11-12,16-17H2/b20-13+. The smallest absolute Gasteiger partial charge is 0.324 e. The molecule has 3 aliphatic rings. The number of ether oxygens (including phenoxy) is 2. The second-order valence-corrected chi connectivity index (χ2v) is 9.72. The predicted molar refractivity (Wildman–Crippen MR) is 140 cm³/mol. The maximum Gasteiger partial charge on any atom is 0.324 e. The average Bonchev–Trinajstić information content (AvgIpc) is 3.68. The van der Waals surface area contributed by atoms with E-state index in [-0.39, 0.29) is 30.0 Å². The van der Waals surface area contributed by atoms with Crippen LogP contribution in [0.25, 0.3) is 6.08 Å². The van der Waals surface area contributed by atoms with Crippen molar-refractivity contribution < 1.29 is 28.7 Å². The number of amides is 1. The number of piperidine rings is 1. The Hall–Kier alpha value is -4.32. The minimum Gasteiger partial charge on any atom is -0.861 e. The van der Waals surface area contributed by atoms with Gasteiger partial charge in [-0.25, -0.2) is 9.98 Å². The first-order valence-corrected chi connectivity index (χ1v) is 13.2. The zero-order valence-electron chi connectivity index (χ0n) is 20.4. The van der Waals surface area contributed by atoms with Crippen molar-refractivity contribution in [1.82, 2.24) is 5.27 Å². The number of hydrogen-bond donors (Lipinski definition) is 0. The molecule has 1 amide bonds. The van der Waals surface area contributed by atoms with Crippen LogP contribution in [0.1, 0.15) is 24.8 Å². The van der Waals surface area contributed by atoms with Crippen molar-refractivity contribution in [2.45, 2.75) is 19.3 Å². The van der Waals surface area contributed by atoms with E-state index < -0.39 is 5.90 Å². The number of carbonyl (C=O) groups excluding carboxylic acids is 1. The Morgan fingerprint density at radius 1 is 1.11 bits per heavy atom. The molecule has 38 heavy (non-hydrogen) atoms. The topological polar surface area (TPSA) is 120 Å². The molecule has 1 saturated heterocycles. The highest BCUT2D eigenvalue weighted by molar-refractivity contribution is 8.14. The Labute approximate surface area is 222 Å². The molecule has 0 atom stereocenters. The number of anilines is 1. The number of para-hydroxylation sites is 1. The van der Waals surface area contributed by atoms with Crippen LogP contribution in [-0.4, -0.2) is 47.9 Å². The van der Waals surface area contributed by atoms with Crippen molar-refractivity contribution in [3.8, 4) is 11.5 Å². The zero-order valence-corrected chi connectivity index (χ0v) is 21.2. The summed E-state index contributed by atoms with van der Waals surface area (Å²) in [5.41, 5.74) is 1.65. The van der Waals surface area contributed by atoms with Crippen LogP contribution in [0.15, 0.2) is 74.9 Å². The third-order valence-electron chi connectivity index (χ3n) is 6.17. The molecule has 0 bridgehead atoms. The van der Waals surface area contributed by atoms with Gasteiger partial charge in [0.2, 0.25) is 12.1 Å². The Morgan fingerprint density at radius 2 is 1.92 bits per heavy atom. The summed E-state index contributed by atoms with van der Waals surface area (Å²) >= 11 is 1.13. The van der Waals surface area contributed by atoms with Crippen LogP contribution in [0, 0.1) is 0 Å². The minimum atomic E-state index is -0.423. The first-order valence-electron chi connectivity index (χ1n) is 12.2. The zero-order chi connectivity index (χ0) is 25.9. The van der Waals surface area contributed by atoms with Crippen LogP contribution < -0.4 is 29.3 Å². The van der Waals surface area contributed by atoms with Gasteiger partial charge in [0.1, 0.15) is 5.70 Å². The summed E-state index contributed by atoms with van der Waals surface area (Å²) in [4.78, 5) is 25.1. The summed E-state index contributed by atoms with van der Waals surface area (Å²) in [6.07, 6.45) is 6.67. The predicted octanol–water partition coefficient (Wildman–Crippen LogP) is 2.38. The van der Waals surface area contributed by atoms with Crippen LogP contribution in [0.4, 0.5) is 11.6 Å². The van der Waals surface area contributed by atoms with Crippen LogP contribution in [0.5, 0.6) is 11.5 Å². The van der Waals surface area contributed by atoms with E-state index in [1.807, 2.05) is 36.4 Å². The van der Waals surface area contributed by atoms with Gasteiger partial charge in [-0.3, -0.25) is 14.2 Å². The normalized spacial score (nSPS) is 18.4. The third kappa shape index (κ3) is 5.07. The molecule has 2 aromatic carbocycles. The number of rotatable bonds is 6. The summed E-state index contributed by atoms with van der Waals surface area (Å²) in [6.45, 7) is 1.93. The lowest BCUT2D eigenvalue weighted by molar-refractivity contribution is -0.759. The lowest BCUT2D eigenvalue weighted by Gasteiger charge is -2.18. The van der Waals surface area contributed by atoms with Gasteiger partial charge in [-0.1, -0.05) is 36.0 Å². The molecule has 0 aliphatic carbocycles. The summed E-state index contributed by atoms with van der Waals surface area (Å²) < 4.78 is 16.0. The van der Waals surface area contributed by atoms with Gasteiger partial charge in [-0.15, -0.1) is 0 Å². The fourth-order valence-corrected chi connectivity index (χ4v) is 5.13. The van der Waals surface area contributed by atoms with Gasteiger partial charge < -0.3 is 14.6 Å². The molecule has 11 nitrogen and oxygen atoms in total. The molecule has 0 spiro atoms. The molecular weight excluding hydrogens is 508 g/mol. The number of thioether (sulfide) groups is 1. The Balaban J connectivity index is 1.21. The van der Waals surface area contributed by atoms with E-state index in [4.69, 9.17) is 14.0 Å². The average molecular weight is 533 g/mol. The molecule has 3 aromatic rings. The number of hydrogen-bond acceptors (Lipinski definition) is 10. The second-order valence-electron chi connectivity index (χ2n) is 8.78. The molecule has 6 rings (SSSR count). The summed E-state index contributed by atoms with van der Waals surface area (Å²) in [5.74, 6) is 0.660. The van der Waals surface area contributed by atoms with Crippen molar-refractivity contribution in [2.24, 2.45) is 9.98 Å². The van der Waals surface area contributed by atoms with Crippen molar-refractivity contribution in [3.63, 3.8) is 0 Å². The molecule has 4 heterocycles. The summed E-state index contributed by atoms with van der Waals surface area (Å²) in [7, 11) is 0. The van der Waals surface area contributed by atoms with Gasteiger partial charge in [0.25, 0.3) is 12.1 Å². The number of aliphatic imine (C=N–C) groups is 2. The highest BCUT2D eigenvalue weighted by Crippen LogP contribution is 2.34. The molecule has 0 N–H and O–H groups in total. The largest absolute Gasteiger partial charge is 0.861 e. The highest BCUT2D eigenvalue weighted by atomic mass is 32.2. The maximum atomic E-state index is 13.4. The Morgan fingerprint density at radius 3 is 2.76 bits per heavy atom. The van der Waals surface area contributed by atoms with E-state index in [0.29, 0.717) is 22.4 Å². The number of benzene rings is 2. The lowest BCUT2D eigenvalue weighted by atomic mass is 10.1. The number of carbonyl (C=O) groups is 1. The molecule has 0 unspecified atom stereocenters. The first-order chi connectivity index (χ1) is 18.6. The number of fused-ring (bicyclic) bond motifs is 1. The SMILES string of the molecule is O=C1/C(=C\c2ccc3c(c2)OCO3)N=C(SC/C([O-])=N/c2c[n+](N3CCCCC3)no2)N1c1ccccc1. The molecule has 1 fully saturated rings. The number of aromatic nitrogens is 2. The Kier molecular flexibility index (Phi) is 6.69. The molecule has 194 valence electrons. The van der Waals surface area contributed by atoms with Crippen molar-refractivity contribution in [2.75, 3.05) is 35.5 Å². The number of amidine groups is 1. The van der Waals surface area contributed by atoms with Gasteiger partial charge in [0.15, 0.2) is 16.7 Å². The van der Waals surface area contributed by atoms with E-state index in [1.54, 1.807) is 29.2 Å². The van der Waals surface area contributed by atoms with Crippen LogP contribution in [-0.2, 0) is 4.79 Å². The molecule has 0 saturated carbocycles. The fraction of sp³-hybridized carbons (Fsp3) is 0.269. The van der Waals surface area contributed by atoms with Gasteiger partial charge in [0.05, 0.1) is 23.6 Å². The third-order valence-corrected chi connectivity index (χ3v) is 7.09. The molecular formula is C26H24N6O5S. The summed E-state index contributed by atoms with van der Waals surface area (Å²) in [5, 5.41) is 19.1. The van der Waals surface area contributed by atoms with E-state index in [9.17, 15) is 9.90 Å². The fourth-order valence-electron chi connectivity index (χ4n) is 4.33. The van der Waals surface area contributed by atoms with E-state index >= 15 is 0 Å². The summed E-state index contributed by atoms with van der Waals surface area (Å²) in [6, 6.07) is 14.6. The monoisotopic (exact) mass is 532 g/mol. The quantitative estimate of drug-likeness (QED) is 0.205. The molecule has 3 aliphatic heterocycles.